The second kappa shape index (κ2) is 18.5. The van der Waals surface area contributed by atoms with Crippen LogP contribution in [0.5, 0.6) is 0 Å². The number of morpholine rings is 2. The van der Waals surface area contributed by atoms with Crippen LogP contribution in [0.1, 0.15) is 69.5 Å². The number of likely N-dealkylation sites (tertiary alicyclic amines) is 1. The van der Waals surface area contributed by atoms with Crippen molar-refractivity contribution in [1.82, 2.24) is 40.1 Å². The number of anilines is 2. The highest BCUT2D eigenvalue weighted by Crippen LogP contribution is 2.42. The zero-order valence-electron chi connectivity index (χ0n) is 35.9. The summed E-state index contributed by atoms with van der Waals surface area (Å²) >= 11 is 6.19. The van der Waals surface area contributed by atoms with E-state index >= 15 is 0 Å². The lowest BCUT2D eigenvalue weighted by molar-refractivity contribution is 0.0925. The van der Waals surface area contributed by atoms with Gasteiger partial charge in [0.05, 0.1) is 60.9 Å². The minimum absolute atomic E-state index is 0.0162. The molecule has 4 aromatic heterocycles. The van der Waals surface area contributed by atoms with Crippen LogP contribution in [0.2, 0.25) is 5.28 Å². The summed E-state index contributed by atoms with van der Waals surface area (Å²) in [6, 6.07) is 9.74. The molecule has 0 unspecified atom stereocenters. The molecule has 4 aliphatic rings. The van der Waals surface area contributed by atoms with Crippen LogP contribution in [0.4, 0.5) is 16.4 Å². The van der Waals surface area contributed by atoms with E-state index in [9.17, 15) is 26.7 Å². The molecule has 0 aromatic carbocycles. The van der Waals surface area contributed by atoms with Gasteiger partial charge in [-0.25, -0.2) is 46.6 Å². The summed E-state index contributed by atoms with van der Waals surface area (Å²) < 4.78 is 60.9. The fourth-order valence-electron chi connectivity index (χ4n) is 9.10. The molecule has 4 saturated heterocycles. The quantitative estimate of drug-likeness (QED) is 0.199. The first-order valence-electron chi connectivity index (χ1n) is 21.2. The highest BCUT2D eigenvalue weighted by Gasteiger charge is 2.48. The number of ether oxygens (including phenoxy) is 2. The van der Waals surface area contributed by atoms with Crippen molar-refractivity contribution in [3.05, 3.63) is 52.7 Å². The largest absolute Gasteiger partial charge is 0.465 e. The Morgan fingerprint density at radius 1 is 0.790 bits per heavy atom. The number of sulfone groups is 2. The Kier molecular flexibility index (Phi) is 13.7. The number of pyridine rings is 1. The van der Waals surface area contributed by atoms with Crippen molar-refractivity contribution in [3.63, 3.8) is 0 Å². The molecular formula is C41H57ClN10O8S2. The smallest absolute Gasteiger partial charge is 0.407 e. The van der Waals surface area contributed by atoms with Gasteiger partial charge in [0.2, 0.25) is 5.28 Å². The molecule has 0 aliphatic carbocycles. The van der Waals surface area contributed by atoms with Crippen molar-refractivity contribution in [2.45, 2.75) is 80.9 Å². The van der Waals surface area contributed by atoms with Gasteiger partial charge < -0.3 is 39.6 Å². The van der Waals surface area contributed by atoms with Gasteiger partial charge in [-0.05, 0) is 88.3 Å². The molecular weight excluding hydrogens is 860 g/mol. The van der Waals surface area contributed by atoms with E-state index in [-0.39, 0.29) is 43.3 Å². The lowest BCUT2D eigenvalue weighted by atomic mass is 9.92. The highest BCUT2D eigenvalue weighted by molar-refractivity contribution is 7.92. The van der Waals surface area contributed by atoms with Gasteiger partial charge in [-0.2, -0.15) is 0 Å². The van der Waals surface area contributed by atoms with Crippen LogP contribution in [0.15, 0.2) is 30.3 Å². The minimum atomic E-state index is -3.58. The van der Waals surface area contributed by atoms with E-state index in [1.54, 1.807) is 6.07 Å². The second-order valence-electron chi connectivity index (χ2n) is 16.6. The number of carboxylic acid groups (broad SMARTS) is 1. The molecule has 0 bridgehead atoms. The number of aromatic nitrogens is 6. The maximum Gasteiger partial charge on any atom is 0.407 e. The molecule has 4 aliphatic heterocycles. The predicted molar refractivity (Wildman–Crippen MR) is 237 cm³/mol. The zero-order valence-corrected chi connectivity index (χ0v) is 38.3. The van der Waals surface area contributed by atoms with Gasteiger partial charge in [0, 0.05) is 56.5 Å². The SMILES string of the molecule is CC[C@H]1COCCN1c1cc(C2(S(C)(=O)=O)CCN(C(=O)O)CC2)nc(Cl)n1.CC[C@H]1COCCN1c1cc(C2(S(C)(=O)=O)CCNCC2)nc(-c2ccc3[nH]c(C)cc3n2)n1. The Morgan fingerprint density at radius 3 is 1.89 bits per heavy atom. The van der Waals surface area contributed by atoms with E-state index in [2.05, 4.69) is 43.9 Å². The molecule has 8 heterocycles. The van der Waals surface area contributed by atoms with E-state index < -0.39 is 35.3 Å². The third-order valence-electron chi connectivity index (χ3n) is 12.8. The molecule has 0 saturated carbocycles. The molecule has 62 heavy (non-hydrogen) atoms. The number of nitrogens with one attached hydrogen (secondary N) is 2. The third kappa shape index (κ3) is 9.22. The Morgan fingerprint density at radius 2 is 1.34 bits per heavy atom. The molecule has 4 fully saturated rings. The van der Waals surface area contributed by atoms with Crippen molar-refractivity contribution in [2.75, 3.05) is 88.0 Å². The van der Waals surface area contributed by atoms with Crippen LogP contribution in [-0.4, -0.2) is 153 Å². The average molecular weight is 918 g/mol. The number of rotatable bonds is 9. The lowest BCUT2D eigenvalue weighted by Crippen LogP contribution is -2.49. The fraction of sp³-hybridized carbons (Fsp3) is 0.610. The van der Waals surface area contributed by atoms with Gasteiger partial charge in [0.1, 0.15) is 26.8 Å². The van der Waals surface area contributed by atoms with Crippen LogP contribution in [-0.2, 0) is 38.6 Å². The highest BCUT2D eigenvalue weighted by atomic mass is 35.5. The summed E-state index contributed by atoms with van der Waals surface area (Å²) in [6.07, 6.45) is 4.42. The summed E-state index contributed by atoms with van der Waals surface area (Å²) in [6.45, 7) is 11.4. The van der Waals surface area contributed by atoms with Gasteiger partial charge in [0.25, 0.3) is 0 Å². The molecule has 4 aromatic rings. The summed E-state index contributed by atoms with van der Waals surface area (Å²) in [4.78, 5) is 43.3. The number of piperidine rings is 2. The Labute approximate surface area is 368 Å². The van der Waals surface area contributed by atoms with Crippen molar-refractivity contribution in [2.24, 2.45) is 0 Å². The van der Waals surface area contributed by atoms with Gasteiger partial charge in [-0.1, -0.05) is 13.8 Å². The molecule has 21 heteroatoms. The summed E-state index contributed by atoms with van der Waals surface area (Å²) in [7, 11) is -7.02. The number of amides is 1. The molecule has 1 amide bonds. The zero-order chi connectivity index (χ0) is 44.5. The van der Waals surface area contributed by atoms with Crippen molar-refractivity contribution >= 4 is 60.0 Å². The monoisotopic (exact) mass is 916 g/mol. The number of halogens is 1. The van der Waals surface area contributed by atoms with Gasteiger partial charge in [-0.3, -0.25) is 0 Å². The van der Waals surface area contributed by atoms with E-state index in [0.717, 1.165) is 35.4 Å². The number of hydrogen-bond acceptors (Lipinski definition) is 15. The topological polar surface area (TPSA) is 226 Å². The van der Waals surface area contributed by atoms with Crippen LogP contribution >= 0.6 is 11.6 Å². The maximum atomic E-state index is 13.2. The van der Waals surface area contributed by atoms with Crippen LogP contribution < -0.4 is 15.1 Å². The van der Waals surface area contributed by atoms with E-state index in [1.807, 2.05) is 31.2 Å². The van der Waals surface area contributed by atoms with E-state index in [0.29, 0.717) is 94.2 Å². The number of H-pyrrole nitrogens is 1. The van der Waals surface area contributed by atoms with Crippen molar-refractivity contribution in [1.29, 1.82) is 0 Å². The van der Waals surface area contributed by atoms with Crippen molar-refractivity contribution < 1.29 is 36.2 Å². The molecule has 2 atom stereocenters. The number of aromatic amines is 1. The molecule has 0 radical (unpaired) electrons. The predicted octanol–water partition coefficient (Wildman–Crippen LogP) is 4.33. The number of fused-ring (bicyclic) bond motifs is 1. The number of hydrogen-bond donors (Lipinski definition) is 3. The summed E-state index contributed by atoms with van der Waals surface area (Å²) in [5, 5.41) is 12.5. The Hall–Kier alpha value is -4.21. The minimum Gasteiger partial charge on any atom is -0.465 e. The van der Waals surface area contributed by atoms with Gasteiger partial charge >= 0.3 is 6.09 Å². The maximum absolute atomic E-state index is 13.2. The van der Waals surface area contributed by atoms with Gasteiger partial charge in [0.15, 0.2) is 25.5 Å². The molecule has 0 spiro atoms. The number of nitrogens with zero attached hydrogens (tertiary/aromatic N) is 8. The first-order valence-corrected chi connectivity index (χ1v) is 25.3. The lowest BCUT2D eigenvalue weighted by Gasteiger charge is -2.40. The fourth-order valence-corrected chi connectivity index (χ4v) is 12.1. The standard InChI is InChI=1S/C24H32N6O3S.C17H25ClN4O5S/c1-4-17-15-33-12-11-30(17)22-14-21(24(34(3,31)32)7-9-25-10-8-24)28-23(29-22)19-6-5-18-20(27-19)13-16(2)26-18;1-3-12-11-27-9-8-22(12)14-10-13(19-15(18)20-14)17(28(2,25)26)4-6-21(7-5-17)16(23)24/h5-6,13-14,17,25-26H,4,7-12,15H2,1-3H3;10,12H,3-9,11H2,1-2H3,(H,23,24)/t17-;12-/m00/s1. The summed E-state index contributed by atoms with van der Waals surface area (Å²) in [5.74, 6) is 1.77. The Bertz CT molecular complexity index is 2480. The normalized spacial score (nSPS) is 21.9. The number of carbonyl (C=O) groups is 1. The average Bonchev–Trinajstić information content (AvgIpc) is 3.65. The summed E-state index contributed by atoms with van der Waals surface area (Å²) in [5.41, 5.74) is 4.33. The molecule has 18 nitrogen and oxygen atoms in total. The van der Waals surface area contributed by atoms with Crippen LogP contribution in [0, 0.1) is 6.92 Å². The first kappa shape index (κ1) is 45.8. The Balaban J connectivity index is 0.000000190. The first-order chi connectivity index (χ1) is 29.5. The van der Waals surface area contributed by atoms with Crippen LogP contribution in [0.25, 0.3) is 22.6 Å². The van der Waals surface area contributed by atoms with E-state index in [4.69, 9.17) is 36.0 Å². The number of aryl methyl sites for hydroxylation is 1. The molecule has 3 N–H and O–H groups in total. The molecule has 338 valence electrons. The second-order valence-corrected chi connectivity index (χ2v) is 21.6. The van der Waals surface area contributed by atoms with Gasteiger partial charge in [-0.15, -0.1) is 0 Å². The third-order valence-corrected chi connectivity index (χ3v) is 17.1. The van der Waals surface area contributed by atoms with Crippen molar-refractivity contribution in [3.8, 4) is 11.5 Å². The van der Waals surface area contributed by atoms with E-state index in [1.165, 1.54) is 17.4 Å². The molecule has 8 rings (SSSR count). The van der Waals surface area contributed by atoms with Crippen LogP contribution in [0.3, 0.4) is 0 Å².